The Bertz CT molecular complexity index is 1670. The van der Waals surface area contributed by atoms with Crippen LogP contribution in [0.5, 0.6) is 5.75 Å². The van der Waals surface area contributed by atoms with Gasteiger partial charge in [-0.1, -0.05) is 36.4 Å². The molecule has 0 aliphatic rings. The molecule has 0 unspecified atom stereocenters. The van der Waals surface area contributed by atoms with Gasteiger partial charge in [0.15, 0.2) is 5.65 Å². The molecule has 0 atom stereocenters. The number of aromatic nitrogens is 3. The minimum Gasteiger partial charge on any atom is -0.497 e. The van der Waals surface area contributed by atoms with E-state index in [1.807, 2.05) is 48.5 Å². The Morgan fingerprint density at radius 2 is 1.66 bits per heavy atom. The summed E-state index contributed by atoms with van der Waals surface area (Å²) in [5.41, 5.74) is 10.6. The summed E-state index contributed by atoms with van der Waals surface area (Å²) in [5, 5.41) is 7.41. The van der Waals surface area contributed by atoms with E-state index in [-0.39, 0.29) is 17.9 Å². The molecule has 38 heavy (non-hydrogen) atoms. The molecule has 0 aliphatic carbocycles. The minimum atomic E-state index is -0.429. The highest BCUT2D eigenvalue weighted by atomic mass is 16.5. The van der Waals surface area contributed by atoms with Crippen molar-refractivity contribution in [2.24, 2.45) is 5.10 Å². The van der Waals surface area contributed by atoms with Crippen molar-refractivity contribution in [1.29, 1.82) is 0 Å². The Labute approximate surface area is 217 Å². The van der Waals surface area contributed by atoms with Crippen LogP contribution in [0, 0.1) is 0 Å². The molecule has 2 heterocycles. The lowest BCUT2D eigenvalue weighted by Crippen LogP contribution is -2.23. The normalized spacial score (nSPS) is 11.2. The molecule has 3 aromatic carbocycles. The van der Waals surface area contributed by atoms with Crippen LogP contribution in [0.1, 0.15) is 31.8 Å². The fraction of sp³-hybridized carbons (Fsp3) is 0.107. The number of esters is 1. The molecule has 0 saturated heterocycles. The van der Waals surface area contributed by atoms with Crippen molar-refractivity contribution in [3.63, 3.8) is 0 Å². The quantitative estimate of drug-likeness (QED) is 0.252. The first-order valence-electron chi connectivity index (χ1n) is 11.7. The number of hydrogen-bond acceptors (Lipinski definition) is 8. The van der Waals surface area contributed by atoms with Gasteiger partial charge in [0.2, 0.25) is 0 Å². The first-order chi connectivity index (χ1) is 18.5. The third-order valence-electron chi connectivity index (χ3n) is 5.97. The number of hydrogen-bond donors (Lipinski definition) is 2. The Hall–Kier alpha value is -5.25. The SMILES string of the molecule is COC(=O)c1ccc(C=Nn2c(N)c(C(=O)NCc3ccc(OC)cc3)c3nc4ccccc4nc32)cc1. The van der Waals surface area contributed by atoms with Crippen LogP contribution < -0.4 is 15.8 Å². The number of benzene rings is 3. The minimum absolute atomic E-state index is 0.102. The summed E-state index contributed by atoms with van der Waals surface area (Å²) in [6.07, 6.45) is 1.56. The van der Waals surface area contributed by atoms with Crippen LogP contribution in [0.2, 0.25) is 0 Å². The third kappa shape index (κ3) is 4.74. The second-order valence-electron chi connectivity index (χ2n) is 8.35. The molecule has 5 aromatic rings. The van der Waals surface area contributed by atoms with Crippen LogP contribution in [-0.2, 0) is 11.3 Å². The molecule has 0 fully saturated rings. The number of methoxy groups -OCH3 is 2. The van der Waals surface area contributed by atoms with Crippen molar-refractivity contribution in [1.82, 2.24) is 20.0 Å². The van der Waals surface area contributed by atoms with Gasteiger partial charge in [-0.25, -0.2) is 14.8 Å². The van der Waals surface area contributed by atoms with Crippen molar-refractivity contribution in [3.8, 4) is 5.75 Å². The van der Waals surface area contributed by atoms with Crippen LogP contribution in [-0.4, -0.2) is 47.0 Å². The molecule has 10 heteroatoms. The second kappa shape index (κ2) is 10.4. The van der Waals surface area contributed by atoms with Gasteiger partial charge in [-0.3, -0.25) is 4.79 Å². The summed E-state index contributed by atoms with van der Waals surface area (Å²) in [5.74, 6) is 0.00294. The predicted molar refractivity (Wildman–Crippen MR) is 144 cm³/mol. The van der Waals surface area contributed by atoms with Gasteiger partial charge in [0.05, 0.1) is 37.0 Å². The van der Waals surface area contributed by atoms with Crippen LogP contribution >= 0.6 is 0 Å². The van der Waals surface area contributed by atoms with Crippen molar-refractivity contribution in [2.45, 2.75) is 6.54 Å². The number of para-hydroxylation sites is 2. The van der Waals surface area contributed by atoms with E-state index < -0.39 is 11.9 Å². The number of nitrogens with one attached hydrogen (secondary N) is 1. The highest BCUT2D eigenvalue weighted by Crippen LogP contribution is 2.28. The lowest BCUT2D eigenvalue weighted by molar-refractivity contribution is 0.0600. The number of anilines is 1. The fourth-order valence-electron chi connectivity index (χ4n) is 3.95. The van der Waals surface area contributed by atoms with E-state index in [2.05, 4.69) is 15.4 Å². The molecule has 1 amide bonds. The maximum atomic E-state index is 13.3. The summed E-state index contributed by atoms with van der Waals surface area (Å²) < 4.78 is 11.3. The number of rotatable bonds is 7. The average molecular weight is 509 g/mol. The van der Waals surface area contributed by atoms with Crippen molar-refractivity contribution in [3.05, 3.63) is 95.1 Å². The number of amides is 1. The standard InChI is InChI=1S/C28H24N6O4/c1-37-20-13-9-17(10-14-20)15-30-27(35)23-24-26(33-22-6-4-3-5-21(22)32-24)34(25(23)29)31-16-18-7-11-19(12-8-18)28(36)38-2/h3-14,16H,15,29H2,1-2H3,(H,30,35). The van der Waals surface area contributed by atoms with E-state index in [1.165, 1.54) is 11.8 Å². The van der Waals surface area contributed by atoms with Crippen molar-refractivity contribution in [2.75, 3.05) is 20.0 Å². The number of carbonyl (C=O) groups is 2. The van der Waals surface area contributed by atoms with Gasteiger partial charge in [-0.05, 0) is 47.5 Å². The Morgan fingerprint density at radius 3 is 2.32 bits per heavy atom. The Balaban J connectivity index is 1.52. The predicted octanol–water partition coefficient (Wildman–Crippen LogP) is 3.77. The Morgan fingerprint density at radius 1 is 0.974 bits per heavy atom. The molecule has 5 rings (SSSR count). The number of ether oxygens (including phenoxy) is 2. The summed E-state index contributed by atoms with van der Waals surface area (Å²) in [6.45, 7) is 0.283. The lowest BCUT2D eigenvalue weighted by Gasteiger charge is -2.06. The highest BCUT2D eigenvalue weighted by Gasteiger charge is 2.24. The molecular weight excluding hydrogens is 484 g/mol. The molecule has 190 valence electrons. The summed E-state index contributed by atoms with van der Waals surface area (Å²) in [7, 11) is 2.92. The van der Waals surface area contributed by atoms with Crippen LogP contribution in [0.25, 0.3) is 22.2 Å². The van der Waals surface area contributed by atoms with E-state index >= 15 is 0 Å². The van der Waals surface area contributed by atoms with Crippen LogP contribution in [0.3, 0.4) is 0 Å². The van der Waals surface area contributed by atoms with Gasteiger partial charge in [0.1, 0.15) is 22.6 Å². The van der Waals surface area contributed by atoms with Gasteiger partial charge < -0.3 is 20.5 Å². The molecule has 2 aromatic heterocycles. The van der Waals surface area contributed by atoms with Gasteiger partial charge in [-0.15, -0.1) is 0 Å². The first-order valence-corrected chi connectivity index (χ1v) is 11.7. The van der Waals surface area contributed by atoms with E-state index in [1.54, 1.807) is 37.6 Å². The highest BCUT2D eigenvalue weighted by molar-refractivity contribution is 6.10. The van der Waals surface area contributed by atoms with Gasteiger partial charge in [-0.2, -0.15) is 9.78 Å². The Kier molecular flexibility index (Phi) is 6.68. The van der Waals surface area contributed by atoms with Gasteiger partial charge >= 0.3 is 5.97 Å². The fourth-order valence-corrected chi connectivity index (χ4v) is 3.95. The topological polar surface area (TPSA) is 134 Å². The zero-order valence-corrected chi connectivity index (χ0v) is 20.7. The van der Waals surface area contributed by atoms with Crippen LogP contribution in [0.15, 0.2) is 77.9 Å². The second-order valence-corrected chi connectivity index (χ2v) is 8.35. The number of nitrogens with two attached hydrogens (primary N) is 1. The number of fused-ring (bicyclic) bond motifs is 2. The third-order valence-corrected chi connectivity index (χ3v) is 5.97. The van der Waals surface area contributed by atoms with Crippen molar-refractivity contribution >= 4 is 46.1 Å². The molecule has 3 N–H and O–H groups in total. The summed E-state index contributed by atoms with van der Waals surface area (Å²) in [6, 6.07) is 21.5. The van der Waals surface area contributed by atoms with E-state index in [9.17, 15) is 9.59 Å². The molecule has 0 spiro atoms. The lowest BCUT2D eigenvalue weighted by atomic mass is 10.1. The number of carbonyl (C=O) groups excluding carboxylic acids is 2. The maximum absolute atomic E-state index is 13.3. The molecular formula is C28H24N6O4. The van der Waals surface area contributed by atoms with Crippen molar-refractivity contribution < 1.29 is 19.1 Å². The smallest absolute Gasteiger partial charge is 0.337 e. The number of nitrogens with zero attached hydrogens (tertiary/aromatic N) is 4. The van der Waals surface area contributed by atoms with Crippen LogP contribution in [0.4, 0.5) is 5.82 Å². The van der Waals surface area contributed by atoms with E-state index in [4.69, 9.17) is 20.2 Å². The summed E-state index contributed by atoms with van der Waals surface area (Å²) >= 11 is 0. The molecule has 0 saturated carbocycles. The van der Waals surface area contributed by atoms with Gasteiger partial charge in [0.25, 0.3) is 5.91 Å². The molecule has 10 nitrogen and oxygen atoms in total. The molecule has 0 aliphatic heterocycles. The zero-order valence-electron chi connectivity index (χ0n) is 20.7. The average Bonchev–Trinajstić information content (AvgIpc) is 3.23. The van der Waals surface area contributed by atoms with E-state index in [0.717, 1.165) is 11.3 Å². The molecule has 0 radical (unpaired) electrons. The zero-order chi connectivity index (χ0) is 26.6. The first kappa shape index (κ1) is 24.4. The maximum Gasteiger partial charge on any atom is 0.337 e. The number of nitrogen functional groups attached to an aromatic ring is 1. The monoisotopic (exact) mass is 508 g/mol. The summed E-state index contributed by atoms with van der Waals surface area (Å²) in [4.78, 5) is 34.4. The largest absolute Gasteiger partial charge is 0.497 e. The van der Waals surface area contributed by atoms with E-state index in [0.29, 0.717) is 33.3 Å². The van der Waals surface area contributed by atoms with Gasteiger partial charge in [0, 0.05) is 6.54 Å². The molecule has 0 bridgehead atoms.